The number of aromatic amines is 1. The minimum atomic E-state index is -3.63. The Balaban J connectivity index is 2.31. The third kappa shape index (κ3) is 3.15. The fourth-order valence-electron chi connectivity index (χ4n) is 1.94. The molecule has 2 N–H and O–H groups in total. The second-order valence-electron chi connectivity index (χ2n) is 4.78. The fourth-order valence-corrected chi connectivity index (χ4v) is 4.14. The van der Waals surface area contributed by atoms with Crippen LogP contribution < -0.4 is 5.32 Å². The molecule has 0 unspecified atom stereocenters. The van der Waals surface area contributed by atoms with Gasteiger partial charge in [-0.05, 0) is 20.9 Å². The average Bonchev–Trinajstić information content (AvgIpc) is 2.98. The lowest BCUT2D eigenvalue weighted by Crippen LogP contribution is -2.28. The molecule has 9 heteroatoms. The summed E-state index contributed by atoms with van der Waals surface area (Å²) in [6.07, 6.45) is 0. The van der Waals surface area contributed by atoms with Gasteiger partial charge in [-0.2, -0.15) is 9.40 Å². The summed E-state index contributed by atoms with van der Waals surface area (Å²) < 4.78 is 26.7. The zero-order valence-corrected chi connectivity index (χ0v) is 14.1. The van der Waals surface area contributed by atoms with Gasteiger partial charge in [0.2, 0.25) is 0 Å². The number of thiazole rings is 1. The predicted molar refractivity (Wildman–Crippen MR) is 81.6 cm³/mol. The molecule has 0 saturated carbocycles. The molecule has 0 fully saturated rings. The minimum Gasteiger partial charge on any atom is -0.316 e. The summed E-state index contributed by atoms with van der Waals surface area (Å²) in [5.74, 6) is 0. The molecule has 0 atom stereocenters. The molecular formula is C12H19N5O2S2. The molecule has 2 aromatic heterocycles. The van der Waals surface area contributed by atoms with Crippen molar-refractivity contribution in [2.75, 3.05) is 14.1 Å². The highest BCUT2D eigenvalue weighted by Gasteiger charge is 2.28. The van der Waals surface area contributed by atoms with Gasteiger partial charge in [-0.1, -0.05) is 0 Å². The standard InChI is InChI=1S/C12H19N5O2S2/c1-8-10(5-13-3)12(16-15-8)21(18,19)17(4)6-11-9(2)14-7-20-11/h7,13H,5-6H2,1-4H3,(H,15,16). The van der Waals surface area contributed by atoms with Crippen LogP contribution in [0.25, 0.3) is 0 Å². The van der Waals surface area contributed by atoms with Crippen LogP contribution in [0.15, 0.2) is 10.5 Å². The zero-order chi connectivity index (χ0) is 15.6. The molecule has 0 aliphatic rings. The summed E-state index contributed by atoms with van der Waals surface area (Å²) in [5, 5.41) is 9.77. The number of aromatic nitrogens is 3. The van der Waals surface area contributed by atoms with Gasteiger partial charge in [-0.3, -0.25) is 5.10 Å². The van der Waals surface area contributed by atoms with E-state index in [1.807, 2.05) is 13.8 Å². The van der Waals surface area contributed by atoms with Gasteiger partial charge in [0.15, 0.2) is 5.03 Å². The van der Waals surface area contributed by atoms with E-state index in [4.69, 9.17) is 0 Å². The molecule has 0 aliphatic heterocycles. The predicted octanol–water partition coefficient (Wildman–Crippen LogP) is 1.02. The maximum atomic E-state index is 12.7. The zero-order valence-electron chi connectivity index (χ0n) is 12.5. The van der Waals surface area contributed by atoms with Crippen molar-refractivity contribution in [2.24, 2.45) is 0 Å². The van der Waals surface area contributed by atoms with Crippen LogP contribution in [0.1, 0.15) is 21.8 Å². The number of rotatable bonds is 6. The summed E-state index contributed by atoms with van der Waals surface area (Å²) in [4.78, 5) is 5.07. The maximum absolute atomic E-state index is 12.7. The number of hydrogen-bond acceptors (Lipinski definition) is 6. The first kappa shape index (κ1) is 16.1. The maximum Gasteiger partial charge on any atom is 0.262 e. The van der Waals surface area contributed by atoms with Crippen molar-refractivity contribution in [1.82, 2.24) is 24.8 Å². The van der Waals surface area contributed by atoms with E-state index >= 15 is 0 Å². The van der Waals surface area contributed by atoms with Gasteiger partial charge in [0.25, 0.3) is 10.0 Å². The summed E-state index contributed by atoms with van der Waals surface area (Å²) in [6.45, 7) is 4.43. The monoisotopic (exact) mass is 329 g/mol. The van der Waals surface area contributed by atoms with E-state index in [1.165, 1.54) is 15.6 Å². The van der Waals surface area contributed by atoms with Gasteiger partial charge in [-0.15, -0.1) is 11.3 Å². The average molecular weight is 329 g/mol. The van der Waals surface area contributed by atoms with Crippen LogP contribution >= 0.6 is 11.3 Å². The largest absolute Gasteiger partial charge is 0.316 e. The van der Waals surface area contributed by atoms with Crippen molar-refractivity contribution in [3.05, 3.63) is 27.3 Å². The van der Waals surface area contributed by atoms with Crippen molar-refractivity contribution in [2.45, 2.75) is 32.0 Å². The Morgan fingerprint density at radius 1 is 1.43 bits per heavy atom. The topological polar surface area (TPSA) is 91.0 Å². The summed E-state index contributed by atoms with van der Waals surface area (Å²) in [5.41, 5.74) is 4.00. The lowest BCUT2D eigenvalue weighted by Gasteiger charge is -2.16. The fraction of sp³-hybridized carbons (Fsp3) is 0.500. The Morgan fingerprint density at radius 2 is 2.14 bits per heavy atom. The first-order chi connectivity index (χ1) is 9.87. The molecule has 116 valence electrons. The smallest absolute Gasteiger partial charge is 0.262 e. The number of aryl methyl sites for hydroxylation is 2. The molecule has 0 amide bonds. The quantitative estimate of drug-likeness (QED) is 0.826. The number of sulfonamides is 1. The van der Waals surface area contributed by atoms with E-state index in [2.05, 4.69) is 20.5 Å². The normalized spacial score (nSPS) is 12.2. The van der Waals surface area contributed by atoms with E-state index < -0.39 is 10.0 Å². The molecule has 7 nitrogen and oxygen atoms in total. The van der Waals surface area contributed by atoms with Gasteiger partial charge in [0.05, 0.1) is 11.2 Å². The van der Waals surface area contributed by atoms with Crippen molar-refractivity contribution in [1.29, 1.82) is 0 Å². The van der Waals surface area contributed by atoms with E-state index in [-0.39, 0.29) is 5.03 Å². The van der Waals surface area contributed by atoms with Crippen molar-refractivity contribution < 1.29 is 8.42 Å². The SMILES string of the molecule is CNCc1c(S(=O)(=O)N(C)Cc2scnc2C)n[nH]c1C. The number of hydrogen-bond donors (Lipinski definition) is 2. The van der Waals surface area contributed by atoms with Crippen LogP contribution in [0, 0.1) is 13.8 Å². The molecule has 0 spiro atoms. The molecule has 21 heavy (non-hydrogen) atoms. The third-order valence-electron chi connectivity index (χ3n) is 3.26. The lowest BCUT2D eigenvalue weighted by atomic mass is 10.3. The Morgan fingerprint density at radius 3 is 2.71 bits per heavy atom. The Bertz CT molecular complexity index is 720. The summed E-state index contributed by atoms with van der Waals surface area (Å²) in [7, 11) is -0.306. The Hall–Kier alpha value is -1.29. The van der Waals surface area contributed by atoms with Crippen LogP contribution in [0.5, 0.6) is 0 Å². The van der Waals surface area contributed by atoms with Gasteiger partial charge >= 0.3 is 0 Å². The second-order valence-corrected chi connectivity index (χ2v) is 7.68. The first-order valence-corrected chi connectivity index (χ1v) is 8.73. The summed E-state index contributed by atoms with van der Waals surface area (Å²) >= 11 is 1.45. The molecular weight excluding hydrogens is 310 g/mol. The van der Waals surface area contributed by atoms with Gasteiger partial charge in [-0.25, -0.2) is 13.4 Å². The molecule has 0 saturated heterocycles. The number of nitrogens with zero attached hydrogens (tertiary/aromatic N) is 3. The van der Waals surface area contributed by atoms with Crippen LogP contribution in [-0.2, 0) is 23.1 Å². The van der Waals surface area contributed by atoms with E-state index in [9.17, 15) is 8.42 Å². The minimum absolute atomic E-state index is 0.0824. The molecule has 0 aliphatic carbocycles. The highest BCUT2D eigenvalue weighted by atomic mass is 32.2. The molecule has 2 aromatic rings. The molecule has 0 radical (unpaired) electrons. The lowest BCUT2D eigenvalue weighted by molar-refractivity contribution is 0.464. The van der Waals surface area contributed by atoms with Crippen molar-refractivity contribution in [3.63, 3.8) is 0 Å². The van der Waals surface area contributed by atoms with Crippen molar-refractivity contribution in [3.8, 4) is 0 Å². The van der Waals surface area contributed by atoms with E-state index in [1.54, 1.807) is 19.6 Å². The third-order valence-corrected chi connectivity index (χ3v) is 5.95. The summed E-state index contributed by atoms with van der Waals surface area (Å²) in [6, 6.07) is 0. The van der Waals surface area contributed by atoms with Gasteiger partial charge in [0, 0.05) is 36.3 Å². The van der Waals surface area contributed by atoms with Crippen LogP contribution in [0.4, 0.5) is 0 Å². The molecule has 2 rings (SSSR count). The number of H-pyrrole nitrogens is 1. The highest BCUT2D eigenvalue weighted by molar-refractivity contribution is 7.89. The van der Waals surface area contributed by atoms with E-state index in [0.29, 0.717) is 18.7 Å². The van der Waals surface area contributed by atoms with Crippen LogP contribution in [0.3, 0.4) is 0 Å². The second kappa shape index (κ2) is 6.22. The first-order valence-electron chi connectivity index (χ1n) is 6.41. The van der Waals surface area contributed by atoms with Crippen LogP contribution in [-0.4, -0.2) is 42.0 Å². The molecule has 0 aromatic carbocycles. The van der Waals surface area contributed by atoms with E-state index in [0.717, 1.165) is 16.3 Å². The molecule has 2 heterocycles. The number of nitrogens with one attached hydrogen (secondary N) is 2. The Labute approximate surface area is 128 Å². The molecule has 0 bridgehead atoms. The highest BCUT2D eigenvalue weighted by Crippen LogP contribution is 2.22. The van der Waals surface area contributed by atoms with Crippen molar-refractivity contribution >= 4 is 21.4 Å². The van der Waals surface area contributed by atoms with Gasteiger partial charge in [0.1, 0.15) is 0 Å². The van der Waals surface area contributed by atoms with Gasteiger partial charge < -0.3 is 5.32 Å². The Kier molecular flexibility index (Phi) is 4.77. The van der Waals surface area contributed by atoms with Crippen LogP contribution in [0.2, 0.25) is 0 Å².